The number of carbonyl (C=O) groups is 1. The zero-order valence-corrected chi connectivity index (χ0v) is 16.8. The molecule has 0 aliphatic rings. The average molecular weight is 413 g/mol. The summed E-state index contributed by atoms with van der Waals surface area (Å²) in [5.74, 6) is 0.211. The highest BCUT2D eigenvalue weighted by molar-refractivity contribution is 7.89. The van der Waals surface area contributed by atoms with Crippen LogP contribution in [0.2, 0.25) is 5.02 Å². The molecule has 0 aromatic heterocycles. The fourth-order valence-corrected chi connectivity index (χ4v) is 3.42. The molecule has 27 heavy (non-hydrogen) atoms. The molecule has 0 spiro atoms. The second-order valence-electron chi connectivity index (χ2n) is 5.66. The van der Waals surface area contributed by atoms with Gasteiger partial charge >= 0.3 is 0 Å². The van der Waals surface area contributed by atoms with Gasteiger partial charge in [-0.25, -0.2) is 8.42 Å². The van der Waals surface area contributed by atoms with E-state index in [1.807, 2.05) is 31.2 Å². The Hall–Kier alpha value is -2.13. The Bertz CT molecular complexity index is 918. The van der Waals surface area contributed by atoms with Gasteiger partial charge in [0, 0.05) is 7.05 Å². The quantitative estimate of drug-likeness (QED) is 0.532. The van der Waals surface area contributed by atoms with Crippen molar-refractivity contribution in [2.24, 2.45) is 0 Å². The third kappa shape index (κ3) is 5.43. The first-order chi connectivity index (χ1) is 12.8. The summed E-state index contributed by atoms with van der Waals surface area (Å²) >= 11 is 6.05. The van der Waals surface area contributed by atoms with Crippen molar-refractivity contribution in [3.63, 3.8) is 0 Å². The van der Waals surface area contributed by atoms with Crippen molar-refractivity contribution in [2.75, 3.05) is 27.3 Å². The standard InChI is InChI=1S/C18H21ClN2O5S/c1-13-5-4-6-14(11-13)26-10-9-20-18(22)16-12-15(7-8-17(16)19)27(23,24)21(2)25-3/h4-8,11-12H,9-10H2,1-3H3,(H,20,22). The van der Waals surface area contributed by atoms with Crippen LogP contribution in [0.25, 0.3) is 0 Å². The maximum atomic E-state index is 12.4. The molecule has 0 atom stereocenters. The van der Waals surface area contributed by atoms with Crippen LogP contribution in [-0.2, 0) is 14.9 Å². The molecule has 0 unspecified atom stereocenters. The van der Waals surface area contributed by atoms with Gasteiger partial charge in [-0.1, -0.05) is 28.2 Å². The minimum Gasteiger partial charge on any atom is -0.492 e. The number of halogens is 1. The Balaban J connectivity index is 2.02. The first-order valence-corrected chi connectivity index (χ1v) is 9.87. The average Bonchev–Trinajstić information content (AvgIpc) is 2.64. The lowest BCUT2D eigenvalue weighted by molar-refractivity contribution is -0.0258. The van der Waals surface area contributed by atoms with Crippen LogP contribution in [0, 0.1) is 6.92 Å². The summed E-state index contributed by atoms with van der Waals surface area (Å²) in [5.41, 5.74) is 1.13. The van der Waals surface area contributed by atoms with Crippen molar-refractivity contribution in [3.8, 4) is 5.75 Å². The molecular weight excluding hydrogens is 392 g/mol. The van der Waals surface area contributed by atoms with E-state index in [9.17, 15) is 13.2 Å². The van der Waals surface area contributed by atoms with Crippen molar-refractivity contribution in [2.45, 2.75) is 11.8 Å². The summed E-state index contributed by atoms with van der Waals surface area (Å²) in [7, 11) is -1.39. The topological polar surface area (TPSA) is 84.9 Å². The fraction of sp³-hybridized carbons (Fsp3) is 0.278. The highest BCUT2D eigenvalue weighted by Crippen LogP contribution is 2.22. The number of amides is 1. The molecule has 0 fully saturated rings. The largest absolute Gasteiger partial charge is 0.492 e. The smallest absolute Gasteiger partial charge is 0.264 e. The molecule has 146 valence electrons. The number of aryl methyl sites for hydroxylation is 1. The molecule has 9 heteroatoms. The first-order valence-electron chi connectivity index (χ1n) is 8.06. The van der Waals surface area contributed by atoms with Gasteiger partial charge in [0.25, 0.3) is 15.9 Å². The number of sulfonamides is 1. The Morgan fingerprint density at radius 1 is 1.22 bits per heavy atom. The van der Waals surface area contributed by atoms with Gasteiger partial charge in [-0.2, -0.15) is 0 Å². The van der Waals surface area contributed by atoms with Gasteiger partial charge in [0.1, 0.15) is 12.4 Å². The summed E-state index contributed by atoms with van der Waals surface area (Å²) in [6.07, 6.45) is 0. The number of nitrogens with zero attached hydrogens (tertiary/aromatic N) is 1. The van der Waals surface area contributed by atoms with Gasteiger partial charge in [-0.3, -0.25) is 9.63 Å². The molecule has 0 radical (unpaired) electrons. The number of nitrogens with one attached hydrogen (secondary N) is 1. The van der Waals surface area contributed by atoms with E-state index in [1.54, 1.807) is 0 Å². The van der Waals surface area contributed by atoms with Crippen LogP contribution in [0.15, 0.2) is 47.4 Å². The summed E-state index contributed by atoms with van der Waals surface area (Å²) in [4.78, 5) is 17.0. The number of benzene rings is 2. The van der Waals surface area contributed by atoms with E-state index in [4.69, 9.17) is 21.2 Å². The Labute approximate surface area is 163 Å². The van der Waals surface area contributed by atoms with Crippen LogP contribution in [0.5, 0.6) is 5.75 Å². The summed E-state index contributed by atoms with van der Waals surface area (Å²) in [6, 6.07) is 11.4. The lowest BCUT2D eigenvalue weighted by atomic mass is 10.2. The van der Waals surface area contributed by atoms with E-state index in [1.165, 1.54) is 32.4 Å². The maximum Gasteiger partial charge on any atom is 0.264 e. The van der Waals surface area contributed by atoms with E-state index in [0.29, 0.717) is 10.2 Å². The SMILES string of the molecule is CON(C)S(=O)(=O)c1ccc(Cl)c(C(=O)NCCOc2cccc(C)c2)c1. The number of hydroxylamine groups is 1. The van der Waals surface area contributed by atoms with E-state index in [-0.39, 0.29) is 28.6 Å². The molecule has 0 saturated heterocycles. The highest BCUT2D eigenvalue weighted by Gasteiger charge is 2.23. The number of hydrogen-bond acceptors (Lipinski definition) is 5. The fourth-order valence-electron chi connectivity index (χ4n) is 2.22. The van der Waals surface area contributed by atoms with Gasteiger partial charge in [0.2, 0.25) is 0 Å². The number of rotatable bonds is 8. The second-order valence-corrected chi connectivity index (χ2v) is 8.00. The third-order valence-corrected chi connectivity index (χ3v) is 5.73. The van der Waals surface area contributed by atoms with Crippen LogP contribution in [0.3, 0.4) is 0 Å². The normalized spacial score (nSPS) is 11.4. The van der Waals surface area contributed by atoms with E-state index in [0.717, 1.165) is 5.56 Å². The molecule has 2 aromatic rings. The molecule has 7 nitrogen and oxygen atoms in total. The van der Waals surface area contributed by atoms with Gasteiger partial charge in [0.05, 0.1) is 29.1 Å². The highest BCUT2D eigenvalue weighted by atomic mass is 35.5. The lowest BCUT2D eigenvalue weighted by Gasteiger charge is -2.15. The van der Waals surface area contributed by atoms with Crippen molar-refractivity contribution < 1.29 is 22.8 Å². The van der Waals surface area contributed by atoms with Gasteiger partial charge in [-0.05, 0) is 42.8 Å². The van der Waals surface area contributed by atoms with Crippen LogP contribution >= 0.6 is 11.6 Å². The van der Waals surface area contributed by atoms with E-state index < -0.39 is 15.9 Å². The zero-order valence-electron chi connectivity index (χ0n) is 15.2. The molecule has 0 aliphatic heterocycles. The maximum absolute atomic E-state index is 12.4. The number of carbonyl (C=O) groups excluding carboxylic acids is 1. The molecule has 0 heterocycles. The van der Waals surface area contributed by atoms with Gasteiger partial charge in [0.15, 0.2) is 0 Å². The molecular formula is C18H21ClN2O5S. The van der Waals surface area contributed by atoms with Crippen LogP contribution in [-0.4, -0.2) is 46.1 Å². The number of hydrogen-bond donors (Lipinski definition) is 1. The molecule has 0 bridgehead atoms. The van der Waals surface area contributed by atoms with Crippen LogP contribution in [0.4, 0.5) is 0 Å². The predicted molar refractivity (Wildman–Crippen MR) is 102 cm³/mol. The van der Waals surface area contributed by atoms with Crippen LogP contribution < -0.4 is 10.1 Å². The summed E-state index contributed by atoms with van der Waals surface area (Å²) < 4.78 is 30.9. The minimum atomic E-state index is -3.88. The Kier molecular flexibility index (Phi) is 7.20. The molecule has 1 N–H and O–H groups in total. The van der Waals surface area contributed by atoms with Crippen molar-refractivity contribution in [1.82, 2.24) is 9.79 Å². The summed E-state index contributed by atoms with van der Waals surface area (Å²) in [5, 5.41) is 2.80. The Morgan fingerprint density at radius 2 is 1.96 bits per heavy atom. The lowest BCUT2D eigenvalue weighted by Crippen LogP contribution is -2.29. The minimum absolute atomic E-state index is 0.0535. The van der Waals surface area contributed by atoms with Gasteiger partial charge in [-0.15, -0.1) is 0 Å². The van der Waals surface area contributed by atoms with Crippen LogP contribution in [0.1, 0.15) is 15.9 Å². The molecule has 1 amide bonds. The monoisotopic (exact) mass is 412 g/mol. The van der Waals surface area contributed by atoms with Crippen molar-refractivity contribution in [3.05, 3.63) is 58.6 Å². The molecule has 2 aromatic carbocycles. The molecule has 0 saturated carbocycles. The first kappa shape index (κ1) is 21.2. The predicted octanol–water partition coefficient (Wildman–Crippen LogP) is 2.64. The van der Waals surface area contributed by atoms with Crippen molar-refractivity contribution >= 4 is 27.5 Å². The third-order valence-electron chi connectivity index (χ3n) is 3.72. The van der Waals surface area contributed by atoms with E-state index in [2.05, 4.69) is 5.32 Å². The molecule has 0 aliphatic carbocycles. The summed E-state index contributed by atoms with van der Waals surface area (Å²) in [6.45, 7) is 2.45. The second kappa shape index (κ2) is 9.18. The molecule has 2 rings (SSSR count). The number of ether oxygens (including phenoxy) is 1. The van der Waals surface area contributed by atoms with Gasteiger partial charge < -0.3 is 10.1 Å². The zero-order chi connectivity index (χ0) is 20.0. The van der Waals surface area contributed by atoms with E-state index >= 15 is 0 Å². The van der Waals surface area contributed by atoms with Crippen molar-refractivity contribution in [1.29, 1.82) is 0 Å². The Morgan fingerprint density at radius 3 is 2.63 bits per heavy atom.